The van der Waals surface area contributed by atoms with E-state index in [0.29, 0.717) is 15.8 Å². The third kappa shape index (κ3) is 2.32. The Morgan fingerprint density at radius 3 is 2.46 bits per heavy atom. The van der Waals surface area contributed by atoms with Crippen LogP contribution in [0.2, 0.25) is 4.34 Å². The van der Waals surface area contributed by atoms with Crippen LogP contribution in [0.25, 0.3) is 0 Å². The minimum absolute atomic E-state index is 0.0482. The predicted octanol–water partition coefficient (Wildman–Crippen LogP) is 3.88. The fraction of sp³-hybridized carbons (Fsp3) is 0.500. The third-order valence-corrected chi connectivity index (χ3v) is 3.47. The third-order valence-electron chi connectivity index (χ3n) is 2.30. The van der Waals surface area contributed by atoms with Crippen molar-refractivity contribution in [3.63, 3.8) is 0 Å². The smallest absolute Gasteiger partial charge is 0.168 e. The van der Waals surface area contributed by atoms with E-state index < -0.39 is 0 Å². The number of thiophene rings is 1. The van der Waals surface area contributed by atoms with Gasteiger partial charge in [-0.1, -0.05) is 32.4 Å². The van der Waals surface area contributed by atoms with Crippen molar-refractivity contribution in [3.05, 3.63) is 21.3 Å². The SMILES string of the molecule is CC(C)C(C)C(=O)c1ccsc1Cl. The number of rotatable bonds is 3. The zero-order chi connectivity index (χ0) is 10.0. The molecule has 1 unspecified atom stereocenters. The Bertz CT molecular complexity index is 304. The first-order valence-corrected chi connectivity index (χ1v) is 5.57. The molecule has 0 spiro atoms. The highest BCUT2D eigenvalue weighted by atomic mass is 35.5. The molecule has 3 heteroatoms. The van der Waals surface area contributed by atoms with E-state index in [0.717, 1.165) is 0 Å². The van der Waals surface area contributed by atoms with Crippen LogP contribution in [0, 0.1) is 11.8 Å². The minimum atomic E-state index is 0.0482. The Hall–Kier alpha value is -0.340. The molecule has 0 saturated carbocycles. The van der Waals surface area contributed by atoms with Crippen LogP contribution in [0.4, 0.5) is 0 Å². The molecule has 1 heterocycles. The molecule has 0 amide bonds. The lowest BCUT2D eigenvalue weighted by molar-refractivity contribution is 0.0900. The van der Waals surface area contributed by atoms with Gasteiger partial charge in [-0.15, -0.1) is 11.3 Å². The minimum Gasteiger partial charge on any atom is -0.294 e. The van der Waals surface area contributed by atoms with Crippen LogP contribution in [0.1, 0.15) is 31.1 Å². The van der Waals surface area contributed by atoms with E-state index in [9.17, 15) is 4.79 Å². The average Bonchev–Trinajstić information content (AvgIpc) is 2.48. The molecule has 0 aromatic carbocycles. The van der Waals surface area contributed by atoms with Crippen molar-refractivity contribution in [2.45, 2.75) is 20.8 Å². The molecule has 13 heavy (non-hydrogen) atoms. The summed E-state index contributed by atoms with van der Waals surface area (Å²) in [6.45, 7) is 6.03. The number of halogens is 1. The highest BCUT2D eigenvalue weighted by Gasteiger charge is 2.20. The van der Waals surface area contributed by atoms with E-state index in [-0.39, 0.29) is 11.7 Å². The van der Waals surface area contributed by atoms with Crippen molar-refractivity contribution < 1.29 is 4.79 Å². The molecule has 0 N–H and O–H groups in total. The van der Waals surface area contributed by atoms with Crippen LogP contribution in [0.3, 0.4) is 0 Å². The second-order valence-electron chi connectivity index (χ2n) is 3.50. The fourth-order valence-corrected chi connectivity index (χ4v) is 1.95. The van der Waals surface area contributed by atoms with Gasteiger partial charge in [0.25, 0.3) is 0 Å². The zero-order valence-corrected chi connectivity index (χ0v) is 9.58. The first kappa shape index (κ1) is 10.7. The highest BCUT2D eigenvalue weighted by Crippen LogP contribution is 2.27. The van der Waals surface area contributed by atoms with E-state index in [1.165, 1.54) is 11.3 Å². The number of hydrogen-bond acceptors (Lipinski definition) is 2. The van der Waals surface area contributed by atoms with Gasteiger partial charge in [0.2, 0.25) is 0 Å². The van der Waals surface area contributed by atoms with E-state index in [2.05, 4.69) is 0 Å². The molecule has 0 radical (unpaired) electrons. The molecular weight excluding hydrogens is 204 g/mol. The van der Waals surface area contributed by atoms with Crippen LogP contribution < -0.4 is 0 Å². The Labute approximate surface area is 87.7 Å². The van der Waals surface area contributed by atoms with Gasteiger partial charge in [0, 0.05) is 11.5 Å². The summed E-state index contributed by atoms with van der Waals surface area (Å²) in [5.74, 6) is 0.566. The van der Waals surface area contributed by atoms with E-state index >= 15 is 0 Å². The maximum atomic E-state index is 11.8. The van der Waals surface area contributed by atoms with Crippen LogP contribution in [-0.2, 0) is 0 Å². The van der Waals surface area contributed by atoms with Gasteiger partial charge >= 0.3 is 0 Å². The molecule has 0 bridgehead atoms. The Kier molecular flexibility index (Phi) is 3.51. The average molecular weight is 217 g/mol. The van der Waals surface area contributed by atoms with Crippen LogP contribution in [0.5, 0.6) is 0 Å². The van der Waals surface area contributed by atoms with Gasteiger partial charge in [-0.25, -0.2) is 0 Å². The summed E-state index contributed by atoms with van der Waals surface area (Å²) in [5, 5.41) is 1.85. The highest BCUT2D eigenvalue weighted by molar-refractivity contribution is 7.14. The topological polar surface area (TPSA) is 17.1 Å². The lowest BCUT2D eigenvalue weighted by Gasteiger charge is -2.13. The molecule has 0 aliphatic heterocycles. The van der Waals surface area contributed by atoms with Gasteiger partial charge < -0.3 is 0 Å². The van der Waals surface area contributed by atoms with Gasteiger partial charge in [0.15, 0.2) is 5.78 Å². The molecule has 0 fully saturated rings. The summed E-state index contributed by atoms with van der Waals surface area (Å²) < 4.78 is 0.609. The monoisotopic (exact) mass is 216 g/mol. The maximum absolute atomic E-state index is 11.8. The summed E-state index contributed by atoms with van der Waals surface area (Å²) >= 11 is 7.29. The largest absolute Gasteiger partial charge is 0.294 e. The number of hydrogen-bond donors (Lipinski definition) is 0. The van der Waals surface area contributed by atoms with Crippen molar-refractivity contribution in [1.29, 1.82) is 0 Å². The first-order valence-electron chi connectivity index (χ1n) is 4.31. The molecule has 0 aliphatic rings. The van der Waals surface area contributed by atoms with E-state index in [1.807, 2.05) is 26.2 Å². The lowest BCUT2D eigenvalue weighted by Crippen LogP contribution is -2.16. The molecule has 1 nitrogen and oxygen atoms in total. The number of Topliss-reactive ketones (excluding diaryl/α,β-unsaturated/α-hetero) is 1. The standard InChI is InChI=1S/C10H13ClOS/c1-6(2)7(3)9(12)8-4-5-13-10(8)11/h4-7H,1-3H3. The summed E-state index contributed by atoms with van der Waals surface area (Å²) in [4.78, 5) is 11.8. The summed E-state index contributed by atoms with van der Waals surface area (Å²) in [6, 6.07) is 1.80. The van der Waals surface area contributed by atoms with Crippen molar-refractivity contribution in [1.82, 2.24) is 0 Å². The molecule has 1 aromatic rings. The molecule has 0 saturated heterocycles. The predicted molar refractivity (Wildman–Crippen MR) is 57.7 cm³/mol. The first-order chi connectivity index (χ1) is 6.04. The van der Waals surface area contributed by atoms with Crippen molar-refractivity contribution >= 4 is 28.7 Å². The van der Waals surface area contributed by atoms with Gasteiger partial charge in [0.1, 0.15) is 4.34 Å². The Balaban J connectivity index is 2.86. The van der Waals surface area contributed by atoms with Crippen molar-refractivity contribution in [2.75, 3.05) is 0 Å². The Morgan fingerprint density at radius 1 is 1.46 bits per heavy atom. The van der Waals surface area contributed by atoms with Gasteiger partial charge in [-0.2, -0.15) is 0 Å². The molecular formula is C10H13ClOS. The molecule has 72 valence electrons. The van der Waals surface area contributed by atoms with Crippen LogP contribution in [-0.4, -0.2) is 5.78 Å². The van der Waals surface area contributed by atoms with Gasteiger partial charge in [-0.05, 0) is 17.4 Å². The summed E-state index contributed by atoms with van der Waals surface area (Å²) in [6.07, 6.45) is 0. The van der Waals surface area contributed by atoms with Crippen molar-refractivity contribution in [2.24, 2.45) is 11.8 Å². The van der Waals surface area contributed by atoms with E-state index in [4.69, 9.17) is 11.6 Å². The normalized spacial score (nSPS) is 13.3. The van der Waals surface area contributed by atoms with Gasteiger partial charge in [-0.3, -0.25) is 4.79 Å². The molecule has 1 aromatic heterocycles. The van der Waals surface area contributed by atoms with Crippen molar-refractivity contribution in [3.8, 4) is 0 Å². The maximum Gasteiger partial charge on any atom is 0.168 e. The quantitative estimate of drug-likeness (QED) is 0.701. The summed E-state index contributed by atoms with van der Waals surface area (Å²) in [7, 11) is 0. The molecule has 1 atom stereocenters. The second-order valence-corrected chi connectivity index (χ2v) is 5.02. The van der Waals surface area contributed by atoms with E-state index in [1.54, 1.807) is 6.07 Å². The number of carbonyl (C=O) groups is 1. The lowest BCUT2D eigenvalue weighted by atomic mass is 9.91. The van der Waals surface area contributed by atoms with Crippen LogP contribution in [0.15, 0.2) is 11.4 Å². The van der Waals surface area contributed by atoms with Gasteiger partial charge in [0.05, 0.1) is 0 Å². The molecule has 1 rings (SSSR count). The summed E-state index contributed by atoms with van der Waals surface area (Å²) in [5.41, 5.74) is 0.674. The number of ketones is 1. The van der Waals surface area contributed by atoms with Crippen LogP contribution >= 0.6 is 22.9 Å². The fourth-order valence-electron chi connectivity index (χ4n) is 1.02. The number of carbonyl (C=O) groups excluding carboxylic acids is 1. The zero-order valence-electron chi connectivity index (χ0n) is 8.00. The molecule has 0 aliphatic carbocycles. The Morgan fingerprint density at radius 2 is 2.08 bits per heavy atom. The second kappa shape index (κ2) is 4.25.